The van der Waals surface area contributed by atoms with Crippen molar-refractivity contribution >= 4 is 77.7 Å². The topological polar surface area (TPSA) is 16.3 Å². The molecule has 0 saturated carbocycles. The molecule has 0 bridgehead atoms. The highest BCUT2D eigenvalue weighted by Crippen LogP contribution is 2.58. The Kier molecular flexibility index (Phi) is 19.0. The summed E-state index contributed by atoms with van der Waals surface area (Å²) in [5, 5.41) is 5.00. The fourth-order valence-electron chi connectivity index (χ4n) is 18.8. The SMILES string of the molecule is C.C.CC1(C)c2ccccc2-c2ccc(N(c3ccccc3)c3ccc(-c4ccc5c(c4)c4ccccc4n5-c4ccc(-c5ccccc5)cc4)cc3)cc21.c1ccc(-c2ccc(N(c3ccc(-c4ccc5c(c4)c4ccccc4n5-c4ccccc4)cc3)c3ccc4c(c3)C(c3ccccc3)(c3ccccc3)c3ccccc3-4)cc2)cc1. The van der Waals surface area contributed by atoms with Crippen molar-refractivity contribution in [2.75, 3.05) is 9.80 Å². The van der Waals surface area contributed by atoms with Gasteiger partial charge >= 0.3 is 0 Å². The Morgan fingerprint density at radius 2 is 0.492 bits per heavy atom. The fourth-order valence-corrected chi connectivity index (χ4v) is 18.8. The predicted octanol–water partition coefficient (Wildman–Crippen LogP) is 31.1. The minimum absolute atomic E-state index is 0. The number of para-hydroxylation sites is 4. The Hall–Kier alpha value is -14.8. The molecule has 4 heteroatoms. The third-order valence-electron chi connectivity index (χ3n) is 24.3. The number of benzene rings is 18. The van der Waals surface area contributed by atoms with E-state index in [1.807, 2.05) is 0 Å². The molecule has 18 aromatic carbocycles. The van der Waals surface area contributed by atoms with Gasteiger partial charge in [0.15, 0.2) is 0 Å². The zero-order valence-corrected chi connectivity index (χ0v) is 64.5. The molecular weight excluding hydrogens is 1430 g/mol. The largest absolute Gasteiger partial charge is 0.310 e. The Bertz CT molecular complexity index is 6990. The van der Waals surface area contributed by atoms with Gasteiger partial charge in [-0.25, -0.2) is 0 Å². The molecule has 0 radical (unpaired) electrons. The number of nitrogens with zero attached hydrogens (tertiary/aromatic N) is 4. The third kappa shape index (κ3) is 12.5. The summed E-state index contributed by atoms with van der Waals surface area (Å²) >= 11 is 0. The summed E-state index contributed by atoms with van der Waals surface area (Å²) in [7, 11) is 0. The smallest absolute Gasteiger partial charge is 0.0714 e. The molecule has 0 aliphatic heterocycles. The van der Waals surface area contributed by atoms with E-state index in [1.165, 1.54) is 144 Å². The van der Waals surface area contributed by atoms with E-state index in [0.717, 1.165) is 45.5 Å². The summed E-state index contributed by atoms with van der Waals surface area (Å²) < 4.78 is 4.76. The molecule has 20 aromatic rings. The number of anilines is 6. The van der Waals surface area contributed by atoms with Crippen molar-refractivity contribution in [3.63, 3.8) is 0 Å². The molecule has 0 saturated heterocycles. The van der Waals surface area contributed by atoms with E-state index < -0.39 is 5.41 Å². The summed E-state index contributed by atoms with van der Waals surface area (Å²) in [6, 6.07) is 164. The average Bonchev–Trinajstić information content (AvgIpc) is 1.53. The number of rotatable bonds is 14. The summed E-state index contributed by atoms with van der Waals surface area (Å²) in [6.07, 6.45) is 0. The first-order valence-electron chi connectivity index (χ1n) is 40.2. The van der Waals surface area contributed by atoms with Crippen molar-refractivity contribution in [2.45, 2.75) is 39.5 Å². The van der Waals surface area contributed by atoms with Gasteiger partial charge in [0.2, 0.25) is 0 Å². The summed E-state index contributed by atoms with van der Waals surface area (Å²) in [5.41, 5.74) is 36.0. The fraction of sp³-hybridized carbons (Fsp3) is 0.0526. The lowest BCUT2D eigenvalue weighted by Crippen LogP contribution is -2.28. The number of hydrogen-bond donors (Lipinski definition) is 0. The van der Waals surface area contributed by atoms with Crippen LogP contribution in [0.25, 0.3) is 122 Å². The molecule has 118 heavy (non-hydrogen) atoms. The second-order valence-corrected chi connectivity index (χ2v) is 31.1. The van der Waals surface area contributed by atoms with Gasteiger partial charge in [-0.15, -0.1) is 0 Å². The van der Waals surface area contributed by atoms with Crippen LogP contribution in [0.4, 0.5) is 34.1 Å². The van der Waals surface area contributed by atoms with E-state index in [-0.39, 0.29) is 20.3 Å². The molecule has 0 amide bonds. The molecule has 2 aliphatic carbocycles. The molecule has 0 atom stereocenters. The Morgan fingerprint density at radius 3 is 0.958 bits per heavy atom. The molecule has 2 aromatic heterocycles. The van der Waals surface area contributed by atoms with E-state index in [0.29, 0.717) is 0 Å². The Morgan fingerprint density at radius 1 is 0.195 bits per heavy atom. The van der Waals surface area contributed by atoms with E-state index in [9.17, 15) is 0 Å². The highest BCUT2D eigenvalue weighted by atomic mass is 15.1. The molecule has 2 heterocycles. The maximum atomic E-state index is 2.45. The minimum Gasteiger partial charge on any atom is -0.310 e. The van der Waals surface area contributed by atoms with Gasteiger partial charge in [0.05, 0.1) is 27.5 Å². The predicted molar refractivity (Wildman–Crippen MR) is 501 cm³/mol. The van der Waals surface area contributed by atoms with Crippen LogP contribution in [0.1, 0.15) is 62.1 Å². The van der Waals surface area contributed by atoms with Gasteiger partial charge in [0.25, 0.3) is 0 Å². The quantitative estimate of drug-likeness (QED) is 0.108. The van der Waals surface area contributed by atoms with E-state index >= 15 is 0 Å². The van der Waals surface area contributed by atoms with Crippen molar-refractivity contribution < 1.29 is 0 Å². The molecule has 0 fully saturated rings. The lowest BCUT2D eigenvalue weighted by atomic mass is 9.67. The lowest BCUT2D eigenvalue weighted by molar-refractivity contribution is 0.660. The van der Waals surface area contributed by atoms with Gasteiger partial charge < -0.3 is 18.9 Å². The maximum absolute atomic E-state index is 2.45. The summed E-state index contributed by atoms with van der Waals surface area (Å²) in [4.78, 5) is 4.79. The van der Waals surface area contributed by atoms with Crippen LogP contribution in [-0.4, -0.2) is 9.13 Å². The highest BCUT2D eigenvalue weighted by Gasteiger charge is 2.46. The molecule has 22 rings (SSSR count). The lowest BCUT2D eigenvalue weighted by Gasteiger charge is -2.35. The van der Waals surface area contributed by atoms with Crippen LogP contribution < -0.4 is 9.80 Å². The van der Waals surface area contributed by atoms with Gasteiger partial charge in [-0.2, -0.15) is 0 Å². The van der Waals surface area contributed by atoms with Crippen LogP contribution >= 0.6 is 0 Å². The first-order valence-corrected chi connectivity index (χ1v) is 40.2. The first-order chi connectivity index (χ1) is 57.3. The van der Waals surface area contributed by atoms with Crippen LogP contribution in [0.3, 0.4) is 0 Å². The molecular formula is C114H88N4. The first kappa shape index (κ1) is 73.3. The van der Waals surface area contributed by atoms with Crippen molar-refractivity contribution in [1.82, 2.24) is 9.13 Å². The van der Waals surface area contributed by atoms with Gasteiger partial charge in [-0.05, 0) is 234 Å². The highest BCUT2D eigenvalue weighted by molar-refractivity contribution is 6.12. The van der Waals surface area contributed by atoms with E-state index in [1.54, 1.807) is 0 Å². The maximum Gasteiger partial charge on any atom is 0.0714 e. The number of hydrogen-bond acceptors (Lipinski definition) is 2. The average molecular weight is 1510 g/mol. The minimum atomic E-state index is -0.501. The monoisotopic (exact) mass is 1510 g/mol. The molecule has 564 valence electrons. The second kappa shape index (κ2) is 30.5. The molecule has 2 aliphatic rings. The zero-order valence-electron chi connectivity index (χ0n) is 64.5. The Labute approximate surface area is 692 Å². The second-order valence-electron chi connectivity index (χ2n) is 31.1. The summed E-state index contributed by atoms with van der Waals surface area (Å²) in [5.74, 6) is 0. The van der Waals surface area contributed by atoms with Crippen molar-refractivity contribution in [2.24, 2.45) is 0 Å². The van der Waals surface area contributed by atoms with Crippen molar-refractivity contribution in [1.29, 1.82) is 0 Å². The zero-order chi connectivity index (χ0) is 77.3. The van der Waals surface area contributed by atoms with E-state index in [2.05, 4.69) is 482 Å². The van der Waals surface area contributed by atoms with E-state index in [4.69, 9.17) is 0 Å². The van der Waals surface area contributed by atoms with Crippen LogP contribution in [0.2, 0.25) is 0 Å². The van der Waals surface area contributed by atoms with Crippen LogP contribution in [0, 0.1) is 0 Å². The van der Waals surface area contributed by atoms with Crippen LogP contribution in [-0.2, 0) is 10.8 Å². The number of aromatic nitrogens is 2. The number of fused-ring (bicyclic) bond motifs is 12. The summed E-state index contributed by atoms with van der Waals surface area (Å²) in [6.45, 7) is 4.69. The van der Waals surface area contributed by atoms with Gasteiger partial charge in [0.1, 0.15) is 0 Å². The Balaban J connectivity index is 0.000000156. The van der Waals surface area contributed by atoms with Gasteiger partial charge in [0, 0.05) is 72.5 Å². The van der Waals surface area contributed by atoms with Crippen molar-refractivity contribution in [3.8, 4) is 78.1 Å². The third-order valence-corrected chi connectivity index (χ3v) is 24.3. The molecule has 0 spiro atoms. The van der Waals surface area contributed by atoms with Crippen LogP contribution in [0.15, 0.2) is 449 Å². The normalized spacial score (nSPS) is 12.5. The molecule has 0 N–H and O–H groups in total. The molecule has 4 nitrogen and oxygen atoms in total. The van der Waals surface area contributed by atoms with Crippen molar-refractivity contribution in [3.05, 3.63) is 482 Å². The van der Waals surface area contributed by atoms with Crippen LogP contribution in [0.5, 0.6) is 0 Å². The molecule has 0 unspecified atom stereocenters. The van der Waals surface area contributed by atoms with Gasteiger partial charge in [-0.1, -0.05) is 344 Å². The standard InChI is InChI=1S/C61H42N2.C51H38N2.2CH4/c1-5-17-43(18-6-1)44-29-34-50(35-30-44)62(51-36-31-45(32-37-51)46-33-40-60-56(41-46)55-26-14-16-28-59(55)63(60)49-23-11-4-12-24-49)52-38-39-54-53-25-13-15-27-57(53)61(58(54)42-52,47-19-7-2-8-20-47)48-21-9-3-10-22-48;1-51(2)47-19-11-9-17-43(47)44-31-30-42(34-48(44)51)52(39-15-7-4-8-16-39)40-26-23-37(24-27-40)38-25-32-50-46(33-38)45-18-10-12-20-49(45)53(50)41-28-21-36(22-29-41)35-13-5-3-6-14-35;;/h1-42H;3-34H,1-2H3;2*1H4. The van der Waals surface area contributed by atoms with Gasteiger partial charge in [-0.3, -0.25) is 0 Å².